The maximum Gasteiger partial charge on any atom is 0.271 e. The number of nitrogens with zero attached hydrogens (tertiary/aromatic N) is 3. The Labute approximate surface area is 98.0 Å². The molecule has 0 aromatic carbocycles. The van der Waals surface area contributed by atoms with Crippen LogP contribution >= 0.6 is 0 Å². The van der Waals surface area contributed by atoms with E-state index in [1.807, 2.05) is 6.92 Å². The summed E-state index contributed by atoms with van der Waals surface area (Å²) in [5, 5.41) is 13.4. The summed E-state index contributed by atoms with van der Waals surface area (Å²) >= 11 is 0. The summed E-state index contributed by atoms with van der Waals surface area (Å²) < 4.78 is 1.45. The molecule has 7 heteroatoms. The predicted molar refractivity (Wildman–Crippen MR) is 62.1 cm³/mol. The van der Waals surface area contributed by atoms with Crippen LogP contribution in [0.3, 0.4) is 0 Å². The van der Waals surface area contributed by atoms with Crippen LogP contribution in [0.25, 0.3) is 0 Å². The Morgan fingerprint density at radius 1 is 1.59 bits per heavy atom. The van der Waals surface area contributed by atoms with Crippen molar-refractivity contribution in [2.75, 3.05) is 5.73 Å². The van der Waals surface area contributed by atoms with E-state index in [0.29, 0.717) is 17.9 Å². The second-order valence-electron chi connectivity index (χ2n) is 3.78. The van der Waals surface area contributed by atoms with Crippen LogP contribution in [0, 0.1) is 6.92 Å². The maximum absolute atomic E-state index is 11.9. The van der Waals surface area contributed by atoms with Crippen molar-refractivity contribution in [3.63, 3.8) is 0 Å². The monoisotopic (exact) mass is 234 g/mol. The zero-order chi connectivity index (χ0) is 12.4. The molecule has 2 rings (SSSR count). The lowest BCUT2D eigenvalue weighted by molar-refractivity contribution is 0.0942. The van der Waals surface area contributed by atoms with E-state index >= 15 is 0 Å². The molecule has 2 heterocycles. The van der Waals surface area contributed by atoms with Gasteiger partial charge < -0.3 is 11.1 Å². The van der Waals surface area contributed by atoms with Crippen LogP contribution in [0.4, 0.5) is 5.69 Å². The number of H-pyrrole nitrogens is 1. The number of nitrogens with one attached hydrogen (secondary N) is 2. The van der Waals surface area contributed by atoms with Gasteiger partial charge in [0.25, 0.3) is 5.91 Å². The number of aromatic amines is 1. The number of rotatable bonds is 3. The number of hydrogen-bond donors (Lipinski definition) is 3. The van der Waals surface area contributed by atoms with E-state index in [-0.39, 0.29) is 5.91 Å². The Balaban J connectivity index is 2.06. The van der Waals surface area contributed by atoms with Gasteiger partial charge in [-0.25, -0.2) is 0 Å². The van der Waals surface area contributed by atoms with Gasteiger partial charge in [-0.05, 0) is 6.92 Å². The van der Waals surface area contributed by atoms with Crippen molar-refractivity contribution in [2.45, 2.75) is 13.5 Å². The average molecular weight is 234 g/mol. The van der Waals surface area contributed by atoms with E-state index in [0.717, 1.165) is 11.3 Å². The second kappa shape index (κ2) is 4.28. The molecule has 0 atom stereocenters. The molecule has 0 bridgehead atoms. The van der Waals surface area contributed by atoms with Crippen molar-refractivity contribution < 1.29 is 4.79 Å². The van der Waals surface area contributed by atoms with Crippen LogP contribution < -0.4 is 11.1 Å². The van der Waals surface area contributed by atoms with Gasteiger partial charge in [-0.3, -0.25) is 14.6 Å². The largest absolute Gasteiger partial charge is 0.396 e. The summed E-state index contributed by atoms with van der Waals surface area (Å²) in [4.78, 5) is 11.9. The molecule has 0 aliphatic rings. The highest BCUT2D eigenvalue weighted by Crippen LogP contribution is 2.09. The lowest BCUT2D eigenvalue weighted by Gasteiger charge is -2.05. The molecule has 0 aliphatic heterocycles. The van der Waals surface area contributed by atoms with Gasteiger partial charge in [0.15, 0.2) is 0 Å². The van der Waals surface area contributed by atoms with Crippen LogP contribution in [0.5, 0.6) is 0 Å². The molecule has 7 nitrogen and oxygen atoms in total. The number of nitrogens with two attached hydrogens (primary N) is 1. The van der Waals surface area contributed by atoms with Crippen molar-refractivity contribution in [3.05, 3.63) is 29.3 Å². The molecule has 0 fully saturated rings. The molecule has 0 radical (unpaired) electrons. The van der Waals surface area contributed by atoms with E-state index < -0.39 is 0 Å². The van der Waals surface area contributed by atoms with Gasteiger partial charge in [-0.1, -0.05) is 0 Å². The van der Waals surface area contributed by atoms with E-state index in [1.165, 1.54) is 10.9 Å². The Morgan fingerprint density at radius 3 is 2.88 bits per heavy atom. The van der Waals surface area contributed by atoms with E-state index in [9.17, 15) is 4.79 Å². The highest BCUT2D eigenvalue weighted by Gasteiger charge is 2.14. The molecule has 0 saturated heterocycles. The fourth-order valence-corrected chi connectivity index (χ4v) is 1.55. The molecule has 4 N–H and O–H groups in total. The quantitative estimate of drug-likeness (QED) is 0.693. The van der Waals surface area contributed by atoms with Crippen molar-refractivity contribution in [1.82, 2.24) is 25.3 Å². The first kappa shape index (κ1) is 11.2. The van der Waals surface area contributed by atoms with E-state index in [2.05, 4.69) is 20.6 Å². The highest BCUT2D eigenvalue weighted by molar-refractivity contribution is 5.97. The molecular weight excluding hydrogens is 220 g/mol. The summed E-state index contributed by atoms with van der Waals surface area (Å²) in [6, 6.07) is 0. The molecular formula is C10H14N6O. The fourth-order valence-electron chi connectivity index (χ4n) is 1.55. The number of hydrogen-bond acceptors (Lipinski definition) is 4. The minimum atomic E-state index is -0.247. The zero-order valence-corrected chi connectivity index (χ0v) is 9.69. The van der Waals surface area contributed by atoms with Gasteiger partial charge in [-0.2, -0.15) is 10.2 Å². The Bertz CT molecular complexity index is 521. The number of amides is 1. The standard InChI is InChI=1S/C10H14N6O/c1-6-7(4-13-15-6)3-12-10(17)9-8(11)5-14-16(9)2/h4-5H,3,11H2,1-2H3,(H,12,17)(H,13,15). The Kier molecular flexibility index (Phi) is 2.82. The lowest BCUT2D eigenvalue weighted by atomic mass is 10.2. The molecule has 17 heavy (non-hydrogen) atoms. The number of nitrogen functional groups attached to an aromatic ring is 1. The fraction of sp³-hybridized carbons (Fsp3) is 0.300. The first-order valence-electron chi connectivity index (χ1n) is 5.14. The summed E-state index contributed by atoms with van der Waals surface area (Å²) in [6.45, 7) is 2.30. The van der Waals surface area contributed by atoms with Gasteiger partial charge in [-0.15, -0.1) is 0 Å². The number of carbonyl (C=O) groups is 1. The van der Waals surface area contributed by atoms with Crippen molar-refractivity contribution in [3.8, 4) is 0 Å². The van der Waals surface area contributed by atoms with Gasteiger partial charge in [0.2, 0.25) is 0 Å². The second-order valence-corrected chi connectivity index (χ2v) is 3.78. The van der Waals surface area contributed by atoms with Gasteiger partial charge in [0.05, 0.1) is 18.1 Å². The normalized spacial score (nSPS) is 10.5. The maximum atomic E-state index is 11.9. The van der Waals surface area contributed by atoms with Crippen LogP contribution in [0.15, 0.2) is 12.4 Å². The Hall–Kier alpha value is -2.31. The third-order valence-electron chi connectivity index (χ3n) is 2.56. The molecule has 0 spiro atoms. The van der Waals surface area contributed by atoms with Crippen LogP contribution in [0.1, 0.15) is 21.7 Å². The summed E-state index contributed by atoms with van der Waals surface area (Å²) in [6.07, 6.45) is 3.14. The van der Waals surface area contributed by atoms with E-state index in [4.69, 9.17) is 5.73 Å². The molecule has 2 aromatic heterocycles. The third kappa shape index (κ3) is 2.12. The minimum Gasteiger partial charge on any atom is -0.396 e. The van der Waals surface area contributed by atoms with Gasteiger partial charge in [0.1, 0.15) is 5.69 Å². The molecule has 1 amide bonds. The van der Waals surface area contributed by atoms with Crippen LogP contribution in [0.2, 0.25) is 0 Å². The topological polar surface area (TPSA) is 102 Å². The average Bonchev–Trinajstić information content (AvgIpc) is 2.83. The number of aromatic nitrogens is 4. The highest BCUT2D eigenvalue weighted by atomic mass is 16.2. The number of aryl methyl sites for hydroxylation is 2. The van der Waals surface area contributed by atoms with Crippen molar-refractivity contribution in [2.24, 2.45) is 7.05 Å². The Morgan fingerprint density at radius 2 is 2.35 bits per heavy atom. The lowest BCUT2D eigenvalue weighted by Crippen LogP contribution is -2.26. The molecule has 90 valence electrons. The van der Waals surface area contributed by atoms with Crippen molar-refractivity contribution in [1.29, 1.82) is 0 Å². The number of anilines is 1. The summed E-state index contributed by atoms with van der Waals surface area (Å²) in [5.41, 5.74) is 8.27. The SMILES string of the molecule is Cc1[nH]ncc1CNC(=O)c1c(N)cnn1C. The molecule has 0 aliphatic carbocycles. The van der Waals surface area contributed by atoms with Gasteiger partial charge in [0, 0.05) is 24.8 Å². The predicted octanol–water partition coefficient (Wildman–Crippen LogP) is -0.0362. The minimum absolute atomic E-state index is 0.247. The molecule has 2 aromatic rings. The molecule has 0 unspecified atom stereocenters. The first-order valence-corrected chi connectivity index (χ1v) is 5.14. The third-order valence-corrected chi connectivity index (χ3v) is 2.56. The first-order chi connectivity index (χ1) is 8.09. The zero-order valence-electron chi connectivity index (χ0n) is 9.69. The van der Waals surface area contributed by atoms with Crippen LogP contribution in [-0.2, 0) is 13.6 Å². The van der Waals surface area contributed by atoms with Gasteiger partial charge >= 0.3 is 0 Å². The summed E-state index contributed by atoms with van der Waals surface area (Å²) in [5.74, 6) is -0.247. The smallest absolute Gasteiger partial charge is 0.271 e. The molecule has 0 saturated carbocycles. The van der Waals surface area contributed by atoms with E-state index in [1.54, 1.807) is 13.2 Å². The van der Waals surface area contributed by atoms with Crippen molar-refractivity contribution >= 4 is 11.6 Å². The van der Waals surface area contributed by atoms with Crippen LogP contribution in [-0.4, -0.2) is 25.9 Å². The summed E-state index contributed by atoms with van der Waals surface area (Å²) in [7, 11) is 1.67. The number of carbonyl (C=O) groups excluding carboxylic acids is 1.